The fourth-order valence-electron chi connectivity index (χ4n) is 2.07. The largest absolute Gasteiger partial charge is 0.464 e. The maximum atomic E-state index is 11.5. The quantitative estimate of drug-likeness (QED) is 0.588. The van der Waals surface area contributed by atoms with E-state index in [9.17, 15) is 14.4 Å². The van der Waals surface area contributed by atoms with Crippen molar-refractivity contribution in [2.45, 2.75) is 12.5 Å². The number of nitrogens with one attached hydrogen (secondary N) is 2. The molecule has 0 aliphatic carbocycles. The lowest BCUT2D eigenvalue weighted by Crippen LogP contribution is -2.40. The molecule has 2 aromatic rings. The van der Waals surface area contributed by atoms with Gasteiger partial charge in [0, 0.05) is 12.6 Å². The molecular formula is C12H10N2O4. The third kappa shape index (κ3) is 1.46. The minimum atomic E-state index is -0.584. The zero-order valence-corrected chi connectivity index (χ0v) is 9.36. The zero-order chi connectivity index (χ0) is 12.7. The molecule has 2 heterocycles. The van der Waals surface area contributed by atoms with Crippen LogP contribution in [0.5, 0.6) is 0 Å². The van der Waals surface area contributed by atoms with Gasteiger partial charge in [0.05, 0.1) is 17.9 Å². The van der Waals surface area contributed by atoms with Gasteiger partial charge in [0.1, 0.15) is 11.7 Å². The molecule has 6 heteroatoms. The van der Waals surface area contributed by atoms with Crippen molar-refractivity contribution in [3.63, 3.8) is 0 Å². The van der Waals surface area contributed by atoms with Gasteiger partial charge in [-0.1, -0.05) is 0 Å². The molecule has 0 amide bonds. The van der Waals surface area contributed by atoms with Crippen LogP contribution in [0.15, 0.2) is 27.9 Å². The third-order valence-electron chi connectivity index (χ3n) is 3.03. The first-order chi connectivity index (χ1) is 8.68. The lowest BCUT2D eigenvalue weighted by molar-refractivity contribution is -0.138. The van der Waals surface area contributed by atoms with Gasteiger partial charge in [-0.25, -0.2) is 4.79 Å². The van der Waals surface area contributed by atoms with Gasteiger partial charge in [-0.05, 0) is 12.1 Å². The van der Waals surface area contributed by atoms with Crippen molar-refractivity contribution in [3.8, 4) is 11.3 Å². The number of esters is 1. The molecule has 1 unspecified atom stereocenters. The first kappa shape index (κ1) is 10.8. The van der Waals surface area contributed by atoms with Gasteiger partial charge in [0.2, 0.25) is 10.9 Å². The second-order valence-corrected chi connectivity index (χ2v) is 4.15. The van der Waals surface area contributed by atoms with E-state index >= 15 is 0 Å². The Balaban J connectivity index is 1.94. The summed E-state index contributed by atoms with van der Waals surface area (Å²) in [5.74, 6) is -0.388. The summed E-state index contributed by atoms with van der Waals surface area (Å²) in [5.41, 5.74) is -0.0323. The van der Waals surface area contributed by atoms with Crippen molar-refractivity contribution >= 4 is 11.7 Å². The Labute approximate surface area is 101 Å². The Kier molecular flexibility index (Phi) is 2.29. The molecule has 2 N–H and O–H groups in total. The summed E-state index contributed by atoms with van der Waals surface area (Å²) in [5, 5.41) is 2.80. The Morgan fingerprint density at radius 1 is 1.28 bits per heavy atom. The van der Waals surface area contributed by atoms with Gasteiger partial charge >= 0.3 is 5.97 Å². The number of carbonyl (C=O) groups is 1. The molecule has 0 bridgehead atoms. The van der Waals surface area contributed by atoms with Gasteiger partial charge < -0.3 is 15.0 Å². The summed E-state index contributed by atoms with van der Waals surface area (Å²) in [4.78, 5) is 37.3. The van der Waals surface area contributed by atoms with Crippen LogP contribution in [0.2, 0.25) is 0 Å². The van der Waals surface area contributed by atoms with Gasteiger partial charge in [-0.3, -0.25) is 9.59 Å². The maximum Gasteiger partial charge on any atom is 0.328 e. The number of aromatic nitrogens is 1. The van der Waals surface area contributed by atoms with E-state index in [1.165, 1.54) is 0 Å². The summed E-state index contributed by atoms with van der Waals surface area (Å²) in [6.45, 7) is 0.337. The van der Waals surface area contributed by atoms with Crippen molar-refractivity contribution in [3.05, 3.63) is 38.8 Å². The van der Waals surface area contributed by atoms with Crippen molar-refractivity contribution in [1.29, 1.82) is 0 Å². The molecule has 1 aromatic heterocycles. The van der Waals surface area contributed by atoms with Crippen LogP contribution in [0.4, 0.5) is 5.69 Å². The Morgan fingerprint density at radius 2 is 2.11 bits per heavy atom. The van der Waals surface area contributed by atoms with Gasteiger partial charge in [0.15, 0.2) is 0 Å². The molecule has 1 aliphatic rings. The number of hydrogen-bond acceptors (Lipinski definition) is 5. The number of ether oxygens (including phenoxy) is 1. The Morgan fingerprint density at radius 3 is 2.72 bits per heavy atom. The first-order valence-electron chi connectivity index (χ1n) is 5.58. The normalized spacial score (nSPS) is 19.1. The molecule has 1 aromatic carbocycles. The SMILES string of the molecule is O=C1OCCC1Nc1c(-c2ccc[nH]2)c(=O)c1=O. The van der Waals surface area contributed by atoms with Crippen LogP contribution in [0.1, 0.15) is 6.42 Å². The van der Waals surface area contributed by atoms with Crippen LogP contribution < -0.4 is 16.2 Å². The average molecular weight is 246 g/mol. The number of H-pyrrole nitrogens is 1. The number of aromatic amines is 1. The highest BCUT2D eigenvalue weighted by Gasteiger charge is 2.31. The maximum absolute atomic E-state index is 11.5. The number of hydrogen-bond donors (Lipinski definition) is 2. The van der Waals surface area contributed by atoms with Crippen LogP contribution in [0.3, 0.4) is 0 Å². The molecule has 0 saturated carbocycles. The summed E-state index contributed by atoms with van der Waals surface area (Å²) in [6.07, 6.45) is 2.17. The van der Waals surface area contributed by atoms with E-state index in [1.807, 2.05) is 0 Å². The van der Waals surface area contributed by atoms with Crippen LogP contribution in [0, 0.1) is 0 Å². The Bertz CT molecular complexity index is 665. The van der Waals surface area contributed by atoms with Gasteiger partial charge in [-0.15, -0.1) is 0 Å². The standard InChI is InChI=1S/C12H10N2O4/c15-10-8(6-2-1-4-13-6)9(11(10)16)14-7-3-5-18-12(7)17/h1-2,4,7,13-14H,3,5H2. The fraction of sp³-hybridized carbons (Fsp3) is 0.250. The molecule has 1 atom stereocenters. The predicted molar refractivity (Wildman–Crippen MR) is 64.1 cm³/mol. The van der Waals surface area contributed by atoms with E-state index in [0.29, 0.717) is 24.3 Å². The molecule has 0 radical (unpaired) electrons. The molecule has 92 valence electrons. The molecule has 0 spiro atoms. The second-order valence-electron chi connectivity index (χ2n) is 4.15. The van der Waals surface area contributed by atoms with Crippen molar-refractivity contribution in [2.75, 3.05) is 11.9 Å². The van der Waals surface area contributed by atoms with Crippen molar-refractivity contribution in [2.24, 2.45) is 0 Å². The van der Waals surface area contributed by atoms with E-state index in [4.69, 9.17) is 4.74 Å². The highest BCUT2D eigenvalue weighted by Crippen LogP contribution is 2.23. The summed E-state index contributed by atoms with van der Waals surface area (Å²) >= 11 is 0. The van der Waals surface area contributed by atoms with E-state index in [2.05, 4.69) is 10.3 Å². The minimum Gasteiger partial charge on any atom is -0.464 e. The smallest absolute Gasteiger partial charge is 0.328 e. The van der Waals surface area contributed by atoms with E-state index in [0.717, 1.165) is 0 Å². The summed E-state index contributed by atoms with van der Waals surface area (Å²) in [6, 6.07) is 2.90. The van der Waals surface area contributed by atoms with E-state index in [-0.39, 0.29) is 11.7 Å². The highest BCUT2D eigenvalue weighted by molar-refractivity contribution is 5.86. The fourth-order valence-corrected chi connectivity index (χ4v) is 2.07. The van der Waals surface area contributed by atoms with Gasteiger partial charge in [0.25, 0.3) is 0 Å². The molecule has 1 saturated heterocycles. The van der Waals surface area contributed by atoms with Crippen LogP contribution >= 0.6 is 0 Å². The monoisotopic (exact) mass is 246 g/mol. The minimum absolute atomic E-state index is 0.200. The lowest BCUT2D eigenvalue weighted by Gasteiger charge is -2.14. The number of rotatable bonds is 3. The van der Waals surface area contributed by atoms with Crippen LogP contribution in [-0.2, 0) is 9.53 Å². The molecule has 1 aliphatic heterocycles. The van der Waals surface area contributed by atoms with Crippen molar-refractivity contribution < 1.29 is 9.53 Å². The van der Waals surface area contributed by atoms with E-state index < -0.39 is 16.9 Å². The lowest BCUT2D eigenvalue weighted by atomic mass is 10.0. The highest BCUT2D eigenvalue weighted by atomic mass is 16.5. The molecule has 6 nitrogen and oxygen atoms in total. The molecular weight excluding hydrogens is 236 g/mol. The van der Waals surface area contributed by atoms with Crippen LogP contribution in [0.25, 0.3) is 11.3 Å². The summed E-state index contributed by atoms with van der Waals surface area (Å²) in [7, 11) is 0. The molecule has 3 rings (SSSR count). The average Bonchev–Trinajstić information content (AvgIpc) is 3.00. The molecule has 1 fully saturated rings. The first-order valence-corrected chi connectivity index (χ1v) is 5.58. The Hall–Kier alpha value is -2.37. The molecule has 18 heavy (non-hydrogen) atoms. The zero-order valence-electron chi connectivity index (χ0n) is 9.36. The topological polar surface area (TPSA) is 88.3 Å². The summed E-state index contributed by atoms with van der Waals surface area (Å²) < 4.78 is 4.79. The third-order valence-corrected chi connectivity index (χ3v) is 3.03. The number of carbonyl (C=O) groups excluding carboxylic acids is 1. The van der Waals surface area contributed by atoms with Gasteiger partial charge in [-0.2, -0.15) is 0 Å². The second kappa shape index (κ2) is 3.83. The number of cyclic esters (lactones) is 1. The number of anilines is 1. The van der Waals surface area contributed by atoms with E-state index in [1.54, 1.807) is 18.3 Å². The van der Waals surface area contributed by atoms with Crippen LogP contribution in [-0.4, -0.2) is 23.6 Å². The van der Waals surface area contributed by atoms with Crippen molar-refractivity contribution in [1.82, 2.24) is 4.98 Å². The predicted octanol–water partition coefficient (Wildman–Crippen LogP) is 0.00510.